The summed E-state index contributed by atoms with van der Waals surface area (Å²) in [7, 11) is 0. The van der Waals surface area contributed by atoms with Gasteiger partial charge in [-0.25, -0.2) is 0 Å². The van der Waals surface area contributed by atoms with E-state index in [1.165, 1.54) is 5.57 Å². The molecule has 0 aliphatic carbocycles. The van der Waals surface area contributed by atoms with Gasteiger partial charge >= 0.3 is 0 Å². The Hall–Kier alpha value is -1.10. The summed E-state index contributed by atoms with van der Waals surface area (Å²) in [4.78, 5) is 0. The second kappa shape index (κ2) is 5.84. The molecule has 0 saturated heterocycles. The van der Waals surface area contributed by atoms with Gasteiger partial charge in [-0.3, -0.25) is 0 Å². The van der Waals surface area contributed by atoms with Crippen LogP contribution in [0, 0.1) is 0 Å². The molecule has 88 valence electrons. The zero-order valence-electron chi connectivity index (χ0n) is 9.19. The molecule has 0 fully saturated rings. The molecule has 1 aliphatic rings. The van der Waals surface area contributed by atoms with Gasteiger partial charge < -0.3 is 19.6 Å². The number of aliphatic hydroxyl groups excluding tert-OH is 1. The van der Waals surface area contributed by atoms with Crippen molar-refractivity contribution in [1.82, 2.24) is 5.32 Å². The van der Waals surface area contributed by atoms with Gasteiger partial charge in [0.1, 0.15) is 5.76 Å². The van der Waals surface area contributed by atoms with E-state index in [1.54, 1.807) is 6.26 Å². The fourth-order valence-corrected chi connectivity index (χ4v) is 1.73. The summed E-state index contributed by atoms with van der Waals surface area (Å²) in [6.45, 7) is 2.25. The highest BCUT2D eigenvalue weighted by atomic mass is 16.5. The van der Waals surface area contributed by atoms with Crippen LogP contribution in [0.25, 0.3) is 0 Å². The van der Waals surface area contributed by atoms with Gasteiger partial charge in [0, 0.05) is 6.54 Å². The van der Waals surface area contributed by atoms with Crippen molar-refractivity contribution in [3.05, 3.63) is 35.8 Å². The molecule has 0 radical (unpaired) electrons. The van der Waals surface area contributed by atoms with Crippen LogP contribution in [0.1, 0.15) is 18.2 Å². The fraction of sp³-hybridized carbons (Fsp3) is 0.500. The normalized spacial score (nSPS) is 18.2. The van der Waals surface area contributed by atoms with Crippen LogP contribution in [0.5, 0.6) is 0 Å². The zero-order chi connectivity index (χ0) is 11.2. The van der Waals surface area contributed by atoms with Crippen LogP contribution in [-0.4, -0.2) is 31.5 Å². The van der Waals surface area contributed by atoms with Gasteiger partial charge in [0.25, 0.3) is 0 Å². The zero-order valence-corrected chi connectivity index (χ0v) is 9.19. The van der Waals surface area contributed by atoms with E-state index in [0.29, 0.717) is 6.61 Å². The Morgan fingerprint density at radius 3 is 3.06 bits per heavy atom. The Kier molecular flexibility index (Phi) is 4.16. The van der Waals surface area contributed by atoms with Crippen LogP contribution in [0.15, 0.2) is 34.5 Å². The Morgan fingerprint density at radius 1 is 1.50 bits per heavy atom. The number of nitrogens with one attached hydrogen (secondary N) is 1. The summed E-state index contributed by atoms with van der Waals surface area (Å²) < 4.78 is 10.6. The maximum absolute atomic E-state index is 9.25. The van der Waals surface area contributed by atoms with Crippen molar-refractivity contribution < 1.29 is 14.3 Å². The third-order valence-corrected chi connectivity index (χ3v) is 2.63. The fourth-order valence-electron chi connectivity index (χ4n) is 1.73. The van der Waals surface area contributed by atoms with Gasteiger partial charge in [-0.15, -0.1) is 0 Å². The second-order valence-corrected chi connectivity index (χ2v) is 3.84. The molecule has 0 spiro atoms. The first-order valence-electron chi connectivity index (χ1n) is 5.53. The lowest BCUT2D eigenvalue weighted by atomic mass is 10.1. The summed E-state index contributed by atoms with van der Waals surface area (Å²) in [5.41, 5.74) is 1.23. The predicted octanol–water partition coefficient (Wildman–Crippen LogP) is 1.25. The van der Waals surface area contributed by atoms with Crippen molar-refractivity contribution in [2.24, 2.45) is 0 Å². The molecule has 0 aromatic carbocycles. The minimum atomic E-state index is -0.141. The average molecular weight is 223 g/mol. The van der Waals surface area contributed by atoms with Crippen LogP contribution < -0.4 is 5.32 Å². The van der Waals surface area contributed by atoms with Crippen LogP contribution in [0.4, 0.5) is 0 Å². The summed E-state index contributed by atoms with van der Waals surface area (Å²) in [5, 5.41) is 12.5. The highest BCUT2D eigenvalue weighted by Crippen LogP contribution is 2.13. The highest BCUT2D eigenvalue weighted by Gasteiger charge is 2.13. The summed E-state index contributed by atoms with van der Waals surface area (Å²) in [5.74, 6) is 0.764. The molecule has 16 heavy (non-hydrogen) atoms. The summed E-state index contributed by atoms with van der Waals surface area (Å²) in [6.07, 6.45) is 4.78. The first kappa shape index (κ1) is 11.4. The van der Waals surface area contributed by atoms with Crippen molar-refractivity contribution in [3.63, 3.8) is 0 Å². The van der Waals surface area contributed by atoms with Crippen molar-refractivity contribution in [3.8, 4) is 0 Å². The van der Waals surface area contributed by atoms with Crippen molar-refractivity contribution in [2.45, 2.75) is 12.5 Å². The number of hydrogen-bond donors (Lipinski definition) is 2. The van der Waals surface area contributed by atoms with Gasteiger partial charge in [0.05, 0.1) is 32.1 Å². The molecule has 4 heteroatoms. The van der Waals surface area contributed by atoms with Crippen molar-refractivity contribution in [2.75, 3.05) is 26.4 Å². The lowest BCUT2D eigenvalue weighted by molar-refractivity contribution is 0.147. The molecule has 1 aromatic heterocycles. The van der Waals surface area contributed by atoms with Gasteiger partial charge in [0.15, 0.2) is 0 Å². The minimum Gasteiger partial charge on any atom is -0.468 e. The van der Waals surface area contributed by atoms with E-state index in [4.69, 9.17) is 9.15 Å². The molecule has 2 heterocycles. The van der Waals surface area contributed by atoms with Gasteiger partial charge in [-0.2, -0.15) is 0 Å². The number of aliphatic hydroxyl groups is 1. The van der Waals surface area contributed by atoms with Gasteiger partial charge in [-0.05, 0) is 24.1 Å². The lowest BCUT2D eigenvalue weighted by Gasteiger charge is -2.18. The number of rotatable bonds is 5. The molecule has 0 bridgehead atoms. The largest absolute Gasteiger partial charge is 0.468 e. The van der Waals surface area contributed by atoms with Gasteiger partial charge in [0.2, 0.25) is 0 Å². The molecular formula is C12H17NO3. The molecule has 0 amide bonds. The number of ether oxygens (including phenoxy) is 1. The first-order valence-corrected chi connectivity index (χ1v) is 5.53. The van der Waals surface area contributed by atoms with Crippen molar-refractivity contribution >= 4 is 0 Å². The van der Waals surface area contributed by atoms with Crippen LogP contribution in [0.2, 0.25) is 0 Å². The SMILES string of the molecule is OCC(NCC1=CCCOC1)c1ccco1. The monoisotopic (exact) mass is 223 g/mol. The lowest BCUT2D eigenvalue weighted by Crippen LogP contribution is -2.28. The molecule has 1 aromatic rings. The predicted molar refractivity (Wildman–Crippen MR) is 60.1 cm³/mol. The van der Waals surface area contributed by atoms with Crippen LogP contribution in [0.3, 0.4) is 0 Å². The summed E-state index contributed by atoms with van der Waals surface area (Å²) >= 11 is 0. The average Bonchev–Trinajstić information content (AvgIpc) is 2.85. The molecule has 1 unspecified atom stereocenters. The molecule has 2 rings (SSSR count). The standard InChI is InChI=1S/C12H17NO3/c14-8-11(12-4-2-6-16-12)13-7-10-3-1-5-15-9-10/h2-4,6,11,13-14H,1,5,7-9H2. The Bertz CT molecular complexity index is 332. The maximum Gasteiger partial charge on any atom is 0.123 e. The molecule has 1 atom stereocenters. The Morgan fingerprint density at radius 2 is 2.44 bits per heavy atom. The first-order chi connectivity index (χ1) is 7.90. The van der Waals surface area contributed by atoms with Gasteiger partial charge in [-0.1, -0.05) is 6.08 Å². The maximum atomic E-state index is 9.25. The highest BCUT2D eigenvalue weighted by molar-refractivity contribution is 5.10. The molecular weight excluding hydrogens is 206 g/mol. The summed E-state index contributed by atoms with van der Waals surface area (Å²) in [6, 6.07) is 3.54. The Labute approximate surface area is 94.9 Å². The molecule has 4 nitrogen and oxygen atoms in total. The smallest absolute Gasteiger partial charge is 0.123 e. The minimum absolute atomic E-state index is 0.0294. The van der Waals surface area contributed by atoms with Crippen LogP contribution >= 0.6 is 0 Å². The van der Waals surface area contributed by atoms with E-state index in [-0.39, 0.29) is 12.6 Å². The van der Waals surface area contributed by atoms with E-state index < -0.39 is 0 Å². The van der Waals surface area contributed by atoms with Crippen LogP contribution in [-0.2, 0) is 4.74 Å². The second-order valence-electron chi connectivity index (χ2n) is 3.84. The van der Waals surface area contributed by atoms with E-state index in [1.807, 2.05) is 12.1 Å². The topological polar surface area (TPSA) is 54.6 Å². The number of hydrogen-bond acceptors (Lipinski definition) is 4. The molecule has 0 saturated carbocycles. The van der Waals surface area contributed by atoms with E-state index in [2.05, 4.69) is 11.4 Å². The quantitative estimate of drug-likeness (QED) is 0.738. The third kappa shape index (κ3) is 2.95. The third-order valence-electron chi connectivity index (χ3n) is 2.63. The van der Waals surface area contributed by atoms with E-state index in [9.17, 15) is 5.11 Å². The van der Waals surface area contributed by atoms with E-state index >= 15 is 0 Å². The van der Waals surface area contributed by atoms with E-state index in [0.717, 1.165) is 25.3 Å². The number of furan rings is 1. The molecule has 2 N–H and O–H groups in total. The molecule has 1 aliphatic heterocycles. The van der Waals surface area contributed by atoms with Crippen molar-refractivity contribution in [1.29, 1.82) is 0 Å². The Balaban J connectivity index is 1.85.